The summed E-state index contributed by atoms with van der Waals surface area (Å²) in [7, 11) is -3.44. The smallest absolute Gasteiger partial charge is 0.260 e. The van der Waals surface area contributed by atoms with E-state index in [1.54, 1.807) is 15.6 Å². The van der Waals surface area contributed by atoms with Crippen molar-refractivity contribution >= 4 is 21.4 Å². The molecule has 1 aliphatic heterocycles. The topological polar surface area (TPSA) is 69.3 Å². The Kier molecular flexibility index (Phi) is 4.39. The summed E-state index contributed by atoms with van der Waals surface area (Å²) in [6, 6.07) is 5.67. The molecule has 2 aromatic heterocycles. The second kappa shape index (κ2) is 6.27. The van der Waals surface area contributed by atoms with Gasteiger partial charge in [0.25, 0.3) is 10.0 Å². The highest BCUT2D eigenvalue weighted by Crippen LogP contribution is 2.17. The Morgan fingerprint density at radius 3 is 2.86 bits per heavy atom. The van der Waals surface area contributed by atoms with Gasteiger partial charge >= 0.3 is 0 Å². The number of sulfonamides is 1. The first-order valence-electron chi connectivity index (χ1n) is 6.90. The molecule has 0 amide bonds. The summed E-state index contributed by atoms with van der Waals surface area (Å²) in [4.78, 5) is 3.63. The molecule has 2 aromatic rings. The van der Waals surface area contributed by atoms with Gasteiger partial charge in [-0.3, -0.25) is 10.00 Å². The summed E-state index contributed by atoms with van der Waals surface area (Å²) in [6.45, 7) is 3.66. The summed E-state index contributed by atoms with van der Waals surface area (Å²) in [5.74, 6) is 0. The number of aromatic nitrogens is 2. The van der Waals surface area contributed by atoms with E-state index < -0.39 is 10.0 Å². The van der Waals surface area contributed by atoms with E-state index in [2.05, 4.69) is 26.5 Å². The normalized spacial score (nSPS) is 18.7. The third kappa shape index (κ3) is 3.34. The van der Waals surface area contributed by atoms with E-state index in [4.69, 9.17) is 0 Å². The van der Waals surface area contributed by atoms with E-state index in [1.165, 1.54) is 17.1 Å². The highest BCUT2D eigenvalue weighted by Gasteiger charge is 2.27. The summed E-state index contributed by atoms with van der Waals surface area (Å²) in [6.07, 6.45) is 2.31. The second-order valence-electron chi connectivity index (χ2n) is 5.03. The van der Waals surface area contributed by atoms with E-state index in [9.17, 15) is 8.42 Å². The maximum Gasteiger partial charge on any atom is 0.260 e. The van der Waals surface area contributed by atoms with Crippen molar-refractivity contribution in [1.29, 1.82) is 0 Å². The first kappa shape index (κ1) is 14.7. The molecule has 1 saturated heterocycles. The number of hydrogen-bond acceptors (Lipinski definition) is 5. The molecule has 0 aliphatic carbocycles. The number of thiophene rings is 1. The van der Waals surface area contributed by atoms with Crippen LogP contribution in [-0.2, 0) is 16.6 Å². The number of hydrogen-bond donors (Lipinski definition) is 1. The second-order valence-corrected chi connectivity index (χ2v) is 7.97. The van der Waals surface area contributed by atoms with Crippen LogP contribution in [0.2, 0.25) is 0 Å². The van der Waals surface area contributed by atoms with Gasteiger partial charge in [-0.15, -0.1) is 11.3 Å². The monoisotopic (exact) mass is 326 g/mol. The largest absolute Gasteiger partial charge is 0.297 e. The van der Waals surface area contributed by atoms with Gasteiger partial charge in [-0.2, -0.15) is 9.40 Å². The lowest BCUT2D eigenvalue weighted by atomic mass is 10.3. The van der Waals surface area contributed by atoms with Gasteiger partial charge in [0.2, 0.25) is 0 Å². The summed E-state index contributed by atoms with van der Waals surface area (Å²) in [5, 5.41) is 8.53. The van der Waals surface area contributed by atoms with Crippen molar-refractivity contribution in [3.63, 3.8) is 0 Å². The van der Waals surface area contributed by atoms with Crippen LogP contribution < -0.4 is 0 Å². The van der Waals surface area contributed by atoms with E-state index in [0.717, 1.165) is 26.1 Å². The molecule has 8 heteroatoms. The predicted molar refractivity (Wildman–Crippen MR) is 81.6 cm³/mol. The molecule has 1 fully saturated rings. The summed E-state index contributed by atoms with van der Waals surface area (Å²) >= 11 is 1.74. The van der Waals surface area contributed by atoms with Crippen LogP contribution in [0, 0.1) is 0 Å². The molecule has 3 rings (SSSR count). The Bertz CT molecular complexity index is 652. The molecule has 6 nitrogen and oxygen atoms in total. The first-order valence-corrected chi connectivity index (χ1v) is 9.22. The molecule has 3 heterocycles. The van der Waals surface area contributed by atoms with Gasteiger partial charge in [0.05, 0.1) is 6.20 Å². The summed E-state index contributed by atoms with van der Waals surface area (Å²) < 4.78 is 26.5. The maximum atomic E-state index is 12.5. The summed E-state index contributed by atoms with van der Waals surface area (Å²) in [5.41, 5.74) is 0. The molecule has 0 spiro atoms. The molecule has 0 aromatic carbocycles. The van der Waals surface area contributed by atoms with Crippen LogP contribution in [0.5, 0.6) is 0 Å². The van der Waals surface area contributed by atoms with Gasteiger partial charge in [0.15, 0.2) is 5.03 Å². The number of aromatic amines is 1. The average Bonchev–Trinajstić information content (AvgIpc) is 3.10. The predicted octanol–water partition coefficient (Wildman–Crippen LogP) is 1.37. The van der Waals surface area contributed by atoms with Crippen LogP contribution in [0.4, 0.5) is 0 Å². The molecule has 114 valence electrons. The third-order valence-electron chi connectivity index (χ3n) is 3.60. The lowest BCUT2D eigenvalue weighted by molar-refractivity contribution is 0.281. The Labute approximate surface area is 128 Å². The van der Waals surface area contributed by atoms with E-state index in [1.807, 2.05) is 6.07 Å². The fourth-order valence-corrected chi connectivity index (χ4v) is 4.61. The zero-order valence-electron chi connectivity index (χ0n) is 11.6. The number of H-pyrrole nitrogens is 1. The molecular formula is C13H18N4O2S2. The zero-order valence-corrected chi connectivity index (χ0v) is 13.2. The highest BCUT2D eigenvalue weighted by atomic mass is 32.2. The fourth-order valence-electron chi connectivity index (χ4n) is 2.49. The van der Waals surface area contributed by atoms with Crippen molar-refractivity contribution in [1.82, 2.24) is 19.4 Å². The van der Waals surface area contributed by atoms with Crippen molar-refractivity contribution in [2.24, 2.45) is 0 Å². The van der Waals surface area contributed by atoms with Gasteiger partial charge in [0, 0.05) is 31.1 Å². The number of nitrogens with one attached hydrogen (secondary N) is 1. The molecule has 1 N–H and O–H groups in total. The quantitative estimate of drug-likeness (QED) is 0.921. The van der Waals surface area contributed by atoms with Crippen molar-refractivity contribution in [3.8, 4) is 0 Å². The standard InChI is InChI=1S/C13H18N4O2S2/c18-21(19,13-4-5-14-15-13)17-7-2-6-16(8-9-17)11-12-3-1-10-20-12/h1,3-5,10H,2,6-9,11H2,(H,14,15). The fraction of sp³-hybridized carbons (Fsp3) is 0.462. The molecule has 21 heavy (non-hydrogen) atoms. The molecule has 1 aliphatic rings. The maximum absolute atomic E-state index is 12.5. The average molecular weight is 326 g/mol. The van der Waals surface area contributed by atoms with Gasteiger partial charge in [-0.25, -0.2) is 8.42 Å². The molecule has 0 radical (unpaired) electrons. The minimum absolute atomic E-state index is 0.175. The third-order valence-corrected chi connectivity index (χ3v) is 6.29. The number of nitrogens with zero attached hydrogens (tertiary/aromatic N) is 3. The van der Waals surface area contributed by atoms with Crippen LogP contribution in [0.15, 0.2) is 34.8 Å². The molecule has 0 unspecified atom stereocenters. The Hall–Kier alpha value is -1.22. The van der Waals surface area contributed by atoms with Gasteiger partial charge in [0.1, 0.15) is 0 Å². The molecule has 0 atom stereocenters. The van der Waals surface area contributed by atoms with E-state index in [0.29, 0.717) is 13.1 Å². The van der Waals surface area contributed by atoms with E-state index >= 15 is 0 Å². The Balaban J connectivity index is 1.66. The van der Waals surface area contributed by atoms with Crippen LogP contribution in [0.1, 0.15) is 11.3 Å². The van der Waals surface area contributed by atoms with Gasteiger partial charge in [-0.05, 0) is 30.5 Å². The minimum Gasteiger partial charge on any atom is -0.297 e. The van der Waals surface area contributed by atoms with Gasteiger partial charge in [-0.1, -0.05) is 6.07 Å². The van der Waals surface area contributed by atoms with Crippen molar-refractivity contribution < 1.29 is 8.42 Å². The Morgan fingerprint density at radius 2 is 2.14 bits per heavy atom. The lowest BCUT2D eigenvalue weighted by Crippen LogP contribution is -2.35. The van der Waals surface area contributed by atoms with Crippen LogP contribution in [0.3, 0.4) is 0 Å². The Morgan fingerprint density at radius 1 is 1.24 bits per heavy atom. The van der Waals surface area contributed by atoms with Crippen molar-refractivity contribution in [2.75, 3.05) is 26.2 Å². The van der Waals surface area contributed by atoms with Crippen molar-refractivity contribution in [2.45, 2.75) is 18.0 Å². The zero-order chi connectivity index (χ0) is 14.7. The lowest BCUT2D eigenvalue weighted by Gasteiger charge is -2.20. The highest BCUT2D eigenvalue weighted by molar-refractivity contribution is 7.89. The first-order chi connectivity index (χ1) is 10.2. The van der Waals surface area contributed by atoms with E-state index in [-0.39, 0.29) is 5.03 Å². The van der Waals surface area contributed by atoms with Gasteiger partial charge < -0.3 is 0 Å². The SMILES string of the molecule is O=S(=O)(c1ccn[nH]1)N1CCCN(Cc2cccs2)CC1. The molecule has 0 bridgehead atoms. The molecule has 0 saturated carbocycles. The van der Waals surface area contributed by atoms with Crippen LogP contribution >= 0.6 is 11.3 Å². The van der Waals surface area contributed by atoms with Crippen LogP contribution in [-0.4, -0.2) is 54.0 Å². The molecular weight excluding hydrogens is 308 g/mol. The van der Waals surface area contributed by atoms with Crippen molar-refractivity contribution in [3.05, 3.63) is 34.7 Å². The minimum atomic E-state index is -3.44. The van der Waals surface area contributed by atoms with Crippen LogP contribution in [0.25, 0.3) is 0 Å². The number of rotatable bonds is 4.